The Balaban J connectivity index is 1.53. The molecule has 0 bridgehead atoms. The third kappa shape index (κ3) is 4.31. The lowest BCUT2D eigenvalue weighted by atomic mass is 9.96. The van der Waals surface area contributed by atoms with Gasteiger partial charge in [-0.1, -0.05) is 25.1 Å². The van der Waals surface area contributed by atoms with Crippen LogP contribution >= 0.6 is 0 Å². The first kappa shape index (κ1) is 21.1. The number of amides is 1. The van der Waals surface area contributed by atoms with E-state index in [9.17, 15) is 4.79 Å². The normalized spacial score (nSPS) is 11.7. The van der Waals surface area contributed by atoms with Crippen LogP contribution in [-0.4, -0.2) is 51.5 Å². The second-order valence-electron chi connectivity index (χ2n) is 7.30. The molecule has 0 saturated carbocycles. The van der Waals surface area contributed by atoms with E-state index < -0.39 is 0 Å². The van der Waals surface area contributed by atoms with E-state index in [2.05, 4.69) is 47.8 Å². The van der Waals surface area contributed by atoms with Crippen molar-refractivity contribution < 1.29 is 4.79 Å². The Hall–Kier alpha value is -4.14. The number of pyridine rings is 1. The van der Waals surface area contributed by atoms with Crippen LogP contribution in [0, 0.1) is 0 Å². The number of aromatic nitrogens is 5. The number of rotatable bonds is 7. The summed E-state index contributed by atoms with van der Waals surface area (Å²) < 4.78 is 0. The smallest absolute Gasteiger partial charge is 0.251 e. The number of anilines is 2. The lowest BCUT2D eigenvalue weighted by molar-refractivity contribution is 0.0964. The van der Waals surface area contributed by atoms with Gasteiger partial charge in [-0.3, -0.25) is 9.78 Å². The average Bonchev–Trinajstić information content (AvgIpc) is 2.86. The van der Waals surface area contributed by atoms with Crippen molar-refractivity contribution in [2.24, 2.45) is 0 Å². The van der Waals surface area contributed by atoms with E-state index in [1.165, 1.54) is 6.33 Å². The van der Waals surface area contributed by atoms with E-state index in [-0.39, 0.29) is 11.8 Å². The maximum Gasteiger partial charge on any atom is 0.251 e. The van der Waals surface area contributed by atoms with Crippen molar-refractivity contribution in [2.45, 2.75) is 12.8 Å². The molecule has 4 aromatic rings. The molecule has 1 aromatic carbocycles. The van der Waals surface area contributed by atoms with Crippen molar-refractivity contribution in [3.05, 3.63) is 66.4 Å². The lowest BCUT2D eigenvalue weighted by Gasteiger charge is -2.16. The monoisotopic (exact) mass is 428 g/mol. The Bertz CT molecular complexity index is 1240. The van der Waals surface area contributed by atoms with Gasteiger partial charge in [0.1, 0.15) is 12.1 Å². The van der Waals surface area contributed by atoms with Gasteiger partial charge in [-0.05, 0) is 11.6 Å². The van der Waals surface area contributed by atoms with Crippen LogP contribution in [0.15, 0.2) is 55.2 Å². The summed E-state index contributed by atoms with van der Waals surface area (Å²) >= 11 is 0. The van der Waals surface area contributed by atoms with E-state index in [4.69, 9.17) is 0 Å². The largest absolute Gasteiger partial charge is 0.369 e. The zero-order valence-electron chi connectivity index (χ0n) is 18.1. The highest BCUT2D eigenvalue weighted by Crippen LogP contribution is 2.27. The van der Waals surface area contributed by atoms with Gasteiger partial charge in [0.15, 0.2) is 0 Å². The molecule has 3 N–H and O–H groups in total. The molecule has 32 heavy (non-hydrogen) atoms. The zero-order valence-corrected chi connectivity index (χ0v) is 18.1. The number of nitrogens with zero attached hydrogens (tertiary/aromatic N) is 5. The summed E-state index contributed by atoms with van der Waals surface area (Å²) in [5, 5.41) is 9.80. The number of nitrogens with one attached hydrogen (secondary N) is 3. The van der Waals surface area contributed by atoms with Crippen LogP contribution in [0.3, 0.4) is 0 Å². The van der Waals surface area contributed by atoms with Gasteiger partial charge in [0.2, 0.25) is 5.95 Å². The van der Waals surface area contributed by atoms with Gasteiger partial charge in [-0.2, -0.15) is 0 Å². The topological polar surface area (TPSA) is 118 Å². The predicted octanol–water partition coefficient (Wildman–Crippen LogP) is 3.10. The Morgan fingerprint density at radius 3 is 2.59 bits per heavy atom. The highest BCUT2D eigenvalue weighted by atomic mass is 16.1. The van der Waals surface area contributed by atoms with E-state index in [0.29, 0.717) is 23.9 Å². The van der Waals surface area contributed by atoms with Gasteiger partial charge in [-0.25, -0.2) is 19.9 Å². The first-order valence-electron chi connectivity index (χ1n) is 10.3. The molecule has 9 heteroatoms. The minimum absolute atomic E-state index is 0.124. The summed E-state index contributed by atoms with van der Waals surface area (Å²) in [4.78, 5) is 33.9. The van der Waals surface area contributed by atoms with Crippen molar-refractivity contribution in [1.29, 1.82) is 0 Å². The van der Waals surface area contributed by atoms with Gasteiger partial charge >= 0.3 is 0 Å². The third-order valence-electron chi connectivity index (χ3n) is 5.23. The highest BCUT2D eigenvalue weighted by Gasteiger charge is 2.15. The number of benzene rings is 1. The Kier molecular flexibility index (Phi) is 6.16. The minimum atomic E-state index is -0.124. The average molecular weight is 429 g/mol. The first-order valence-corrected chi connectivity index (χ1v) is 10.3. The van der Waals surface area contributed by atoms with Gasteiger partial charge in [-0.15, -0.1) is 0 Å². The SMILES string of the molecule is CNC(=O)c1ccnc2c(C(C)CNc3cc(-c4cnc(NC)nc4)ncn3)cccc12. The van der Waals surface area contributed by atoms with Crippen molar-refractivity contribution in [3.63, 3.8) is 0 Å². The molecule has 162 valence electrons. The lowest BCUT2D eigenvalue weighted by Crippen LogP contribution is -2.18. The Morgan fingerprint density at radius 2 is 1.84 bits per heavy atom. The van der Waals surface area contributed by atoms with E-state index in [1.807, 2.05) is 24.3 Å². The fourth-order valence-corrected chi connectivity index (χ4v) is 3.50. The number of hydrogen-bond acceptors (Lipinski definition) is 8. The summed E-state index contributed by atoms with van der Waals surface area (Å²) in [5.41, 5.74) is 4.05. The zero-order chi connectivity index (χ0) is 22.5. The second-order valence-corrected chi connectivity index (χ2v) is 7.30. The summed E-state index contributed by atoms with van der Waals surface area (Å²) in [6.07, 6.45) is 6.64. The van der Waals surface area contributed by atoms with Crippen LogP contribution in [-0.2, 0) is 0 Å². The molecule has 1 amide bonds. The Labute approximate surface area is 185 Å². The fraction of sp³-hybridized carbons (Fsp3) is 0.217. The molecule has 0 fully saturated rings. The molecular formula is C23H24N8O. The van der Waals surface area contributed by atoms with E-state index >= 15 is 0 Å². The summed E-state index contributed by atoms with van der Waals surface area (Å²) in [6.45, 7) is 2.75. The van der Waals surface area contributed by atoms with Crippen LogP contribution in [0.4, 0.5) is 11.8 Å². The number of para-hydroxylation sites is 1. The molecule has 1 unspecified atom stereocenters. The van der Waals surface area contributed by atoms with Crippen molar-refractivity contribution >= 4 is 28.6 Å². The van der Waals surface area contributed by atoms with Gasteiger partial charge in [0.05, 0.1) is 16.8 Å². The minimum Gasteiger partial charge on any atom is -0.369 e. The van der Waals surface area contributed by atoms with Crippen molar-refractivity contribution in [1.82, 2.24) is 30.2 Å². The van der Waals surface area contributed by atoms with E-state index in [0.717, 1.165) is 27.7 Å². The predicted molar refractivity (Wildman–Crippen MR) is 125 cm³/mol. The number of carbonyl (C=O) groups is 1. The van der Waals surface area contributed by atoms with Crippen LogP contribution in [0.1, 0.15) is 28.8 Å². The molecule has 4 rings (SSSR count). The van der Waals surface area contributed by atoms with Gasteiger partial charge in [0, 0.05) is 62.2 Å². The number of fused-ring (bicyclic) bond motifs is 1. The van der Waals surface area contributed by atoms with E-state index in [1.54, 1.807) is 38.8 Å². The first-order chi connectivity index (χ1) is 15.6. The molecule has 3 heterocycles. The fourth-order valence-electron chi connectivity index (χ4n) is 3.50. The standard InChI is InChI=1S/C23H24N8O/c1-14(16-5-4-6-17-18(22(32)24-2)7-8-26-21(16)17)10-27-20-9-19(30-13-31-20)15-11-28-23(25-3)29-12-15/h4-9,11-14H,10H2,1-3H3,(H,24,32)(H,25,28,29)(H,27,30,31). The Morgan fingerprint density at radius 1 is 1.03 bits per heavy atom. The molecular weight excluding hydrogens is 404 g/mol. The highest BCUT2D eigenvalue weighted by molar-refractivity contribution is 6.06. The maximum atomic E-state index is 12.2. The number of hydrogen-bond donors (Lipinski definition) is 3. The van der Waals surface area contributed by atoms with Gasteiger partial charge < -0.3 is 16.0 Å². The third-order valence-corrected chi connectivity index (χ3v) is 5.23. The van der Waals surface area contributed by atoms with Crippen LogP contribution in [0.25, 0.3) is 22.2 Å². The molecule has 0 spiro atoms. The molecule has 9 nitrogen and oxygen atoms in total. The molecule has 0 radical (unpaired) electrons. The molecule has 0 aliphatic rings. The molecule has 0 aliphatic carbocycles. The van der Waals surface area contributed by atoms with Crippen molar-refractivity contribution in [3.8, 4) is 11.3 Å². The molecule has 1 atom stereocenters. The van der Waals surface area contributed by atoms with Crippen LogP contribution in [0.5, 0.6) is 0 Å². The molecule has 3 aromatic heterocycles. The summed E-state index contributed by atoms with van der Waals surface area (Å²) in [5.74, 6) is 1.26. The maximum absolute atomic E-state index is 12.2. The van der Waals surface area contributed by atoms with Crippen LogP contribution < -0.4 is 16.0 Å². The van der Waals surface area contributed by atoms with Gasteiger partial charge in [0.25, 0.3) is 5.91 Å². The molecule has 0 aliphatic heterocycles. The summed E-state index contributed by atoms with van der Waals surface area (Å²) in [7, 11) is 3.40. The molecule has 0 saturated heterocycles. The van der Waals surface area contributed by atoms with Crippen molar-refractivity contribution in [2.75, 3.05) is 31.3 Å². The summed E-state index contributed by atoms with van der Waals surface area (Å²) in [6, 6.07) is 9.54. The second kappa shape index (κ2) is 9.34. The quantitative estimate of drug-likeness (QED) is 0.411. The van der Waals surface area contributed by atoms with Crippen LogP contribution in [0.2, 0.25) is 0 Å². The number of carbonyl (C=O) groups excluding carboxylic acids is 1.